The second-order valence-corrected chi connectivity index (χ2v) is 7.42. The van der Waals surface area contributed by atoms with Crippen molar-refractivity contribution in [3.8, 4) is 0 Å². The summed E-state index contributed by atoms with van der Waals surface area (Å²) in [5, 5.41) is 0. The topological polar surface area (TPSA) is 66.4 Å². The van der Waals surface area contributed by atoms with Gasteiger partial charge in [-0.25, -0.2) is 9.97 Å². The molecular weight excluding hydrogens is 352 g/mol. The fourth-order valence-electron chi connectivity index (χ4n) is 3.90. The maximum absolute atomic E-state index is 12.7. The molecule has 6 heteroatoms. The normalized spacial score (nSPS) is 19.8. The van der Waals surface area contributed by atoms with Gasteiger partial charge in [-0.2, -0.15) is 0 Å². The van der Waals surface area contributed by atoms with E-state index < -0.39 is 0 Å². The fourth-order valence-corrected chi connectivity index (χ4v) is 3.90. The summed E-state index contributed by atoms with van der Waals surface area (Å²) in [6.45, 7) is 4.66. The molecule has 144 valence electrons. The van der Waals surface area contributed by atoms with Crippen LogP contribution in [0.2, 0.25) is 0 Å². The molecule has 2 aromatic rings. The number of ketones is 1. The molecule has 4 rings (SSSR count). The average Bonchev–Trinajstić information content (AvgIpc) is 2.72. The zero-order valence-corrected chi connectivity index (χ0v) is 16.0. The number of carbonyl (C=O) groups is 2. The first-order chi connectivity index (χ1) is 13.6. The SMILES string of the molecule is Cc1nc(N2CCN(C=O)CC2)nc2c1C(=O)C[C@H](/C=C/c1ccccc1)C2. The zero-order chi connectivity index (χ0) is 19.5. The van der Waals surface area contributed by atoms with Crippen molar-refractivity contribution in [2.75, 3.05) is 31.1 Å². The van der Waals surface area contributed by atoms with Crippen molar-refractivity contribution in [2.45, 2.75) is 19.8 Å². The van der Waals surface area contributed by atoms with E-state index in [1.165, 1.54) is 0 Å². The van der Waals surface area contributed by atoms with Crippen molar-refractivity contribution in [3.05, 3.63) is 58.9 Å². The molecule has 0 radical (unpaired) electrons. The molecule has 6 nitrogen and oxygen atoms in total. The largest absolute Gasteiger partial charge is 0.342 e. The molecule has 0 spiro atoms. The Bertz CT molecular complexity index is 902. The molecule has 1 aliphatic carbocycles. The van der Waals surface area contributed by atoms with E-state index in [0.717, 1.165) is 29.8 Å². The fraction of sp³-hybridized carbons (Fsp3) is 0.364. The molecule has 1 fully saturated rings. The summed E-state index contributed by atoms with van der Waals surface area (Å²) in [6.07, 6.45) is 6.33. The molecule has 1 atom stereocenters. The van der Waals surface area contributed by atoms with Crippen LogP contribution in [0.3, 0.4) is 0 Å². The molecule has 1 amide bonds. The molecule has 1 aromatic carbocycles. The molecular formula is C22H24N4O2. The van der Waals surface area contributed by atoms with Gasteiger partial charge in [-0.05, 0) is 24.8 Å². The lowest BCUT2D eigenvalue weighted by Crippen LogP contribution is -2.46. The summed E-state index contributed by atoms with van der Waals surface area (Å²) < 4.78 is 0. The summed E-state index contributed by atoms with van der Waals surface area (Å²) >= 11 is 0. The van der Waals surface area contributed by atoms with Gasteiger partial charge >= 0.3 is 0 Å². The van der Waals surface area contributed by atoms with Gasteiger partial charge in [0.1, 0.15) is 0 Å². The van der Waals surface area contributed by atoms with E-state index in [9.17, 15) is 9.59 Å². The minimum absolute atomic E-state index is 0.124. The van der Waals surface area contributed by atoms with Gasteiger partial charge in [-0.3, -0.25) is 9.59 Å². The number of benzene rings is 1. The van der Waals surface area contributed by atoms with Crippen molar-refractivity contribution in [1.29, 1.82) is 0 Å². The standard InChI is InChI=1S/C22H24N4O2/c1-16-21-19(24-22(23-16)26-11-9-25(15-27)10-12-26)13-18(14-20(21)28)8-7-17-5-3-2-4-6-17/h2-8,15,18H,9-14H2,1H3/b8-7+/t18-/m1/s1. The summed E-state index contributed by atoms with van der Waals surface area (Å²) in [4.78, 5) is 36.9. The van der Waals surface area contributed by atoms with Crippen molar-refractivity contribution in [1.82, 2.24) is 14.9 Å². The maximum atomic E-state index is 12.7. The van der Waals surface area contributed by atoms with Crippen molar-refractivity contribution >= 4 is 24.2 Å². The van der Waals surface area contributed by atoms with Crippen LogP contribution >= 0.6 is 0 Å². The number of aryl methyl sites for hydroxylation is 1. The minimum Gasteiger partial charge on any atom is -0.342 e. The van der Waals surface area contributed by atoms with Crippen molar-refractivity contribution < 1.29 is 9.59 Å². The van der Waals surface area contributed by atoms with E-state index in [4.69, 9.17) is 4.98 Å². The van der Waals surface area contributed by atoms with Gasteiger partial charge in [-0.1, -0.05) is 42.5 Å². The highest BCUT2D eigenvalue weighted by molar-refractivity contribution is 5.99. The molecule has 1 aliphatic heterocycles. The van der Waals surface area contributed by atoms with Gasteiger partial charge in [-0.15, -0.1) is 0 Å². The second-order valence-electron chi connectivity index (χ2n) is 7.42. The second kappa shape index (κ2) is 7.92. The predicted octanol–water partition coefficient (Wildman–Crippen LogP) is 2.52. The summed E-state index contributed by atoms with van der Waals surface area (Å²) in [6, 6.07) is 10.1. The van der Waals surface area contributed by atoms with E-state index in [1.54, 1.807) is 4.90 Å². The van der Waals surface area contributed by atoms with Crippen LogP contribution in [0, 0.1) is 12.8 Å². The highest BCUT2D eigenvalue weighted by Crippen LogP contribution is 2.29. The van der Waals surface area contributed by atoms with Crippen LogP contribution < -0.4 is 4.90 Å². The number of aromatic nitrogens is 2. The van der Waals surface area contributed by atoms with E-state index in [2.05, 4.69) is 34.2 Å². The Kier molecular flexibility index (Phi) is 5.19. The smallest absolute Gasteiger partial charge is 0.225 e. The molecule has 2 heterocycles. The molecule has 0 saturated carbocycles. The number of hydrogen-bond donors (Lipinski definition) is 0. The van der Waals surface area contributed by atoms with Crippen LogP contribution in [-0.2, 0) is 11.2 Å². The van der Waals surface area contributed by atoms with Crippen LogP contribution in [0.1, 0.15) is 33.7 Å². The molecule has 1 saturated heterocycles. The third kappa shape index (κ3) is 3.81. The maximum Gasteiger partial charge on any atom is 0.225 e. The predicted molar refractivity (Wildman–Crippen MR) is 108 cm³/mol. The van der Waals surface area contributed by atoms with Crippen LogP contribution in [0.25, 0.3) is 6.08 Å². The van der Waals surface area contributed by atoms with Crippen LogP contribution in [0.5, 0.6) is 0 Å². The number of amides is 1. The lowest BCUT2D eigenvalue weighted by Gasteiger charge is -2.33. The minimum atomic E-state index is 0.124. The highest BCUT2D eigenvalue weighted by atomic mass is 16.1. The Balaban J connectivity index is 1.55. The summed E-state index contributed by atoms with van der Waals surface area (Å²) in [7, 11) is 0. The number of Topliss-reactive ketones (excluding diaryl/α,β-unsaturated/α-hetero) is 1. The molecule has 1 aromatic heterocycles. The molecule has 0 N–H and O–H groups in total. The Morgan fingerprint density at radius 2 is 1.79 bits per heavy atom. The van der Waals surface area contributed by atoms with E-state index >= 15 is 0 Å². The van der Waals surface area contributed by atoms with Crippen molar-refractivity contribution in [3.63, 3.8) is 0 Å². The van der Waals surface area contributed by atoms with E-state index in [-0.39, 0.29) is 11.7 Å². The molecule has 0 bridgehead atoms. The Hall–Kier alpha value is -3.02. The first kappa shape index (κ1) is 18.3. The average molecular weight is 376 g/mol. The lowest BCUT2D eigenvalue weighted by molar-refractivity contribution is -0.118. The van der Waals surface area contributed by atoms with Gasteiger partial charge in [0.05, 0.1) is 17.0 Å². The monoisotopic (exact) mass is 376 g/mol. The van der Waals surface area contributed by atoms with Crippen LogP contribution in [0.4, 0.5) is 5.95 Å². The van der Waals surface area contributed by atoms with E-state index in [1.807, 2.05) is 25.1 Å². The Labute approximate surface area is 164 Å². The van der Waals surface area contributed by atoms with Crippen molar-refractivity contribution in [2.24, 2.45) is 5.92 Å². The summed E-state index contributed by atoms with van der Waals surface area (Å²) in [5.41, 5.74) is 3.43. The third-order valence-corrected chi connectivity index (χ3v) is 5.44. The first-order valence-corrected chi connectivity index (χ1v) is 9.72. The number of carbonyl (C=O) groups excluding carboxylic acids is 2. The number of hydrogen-bond acceptors (Lipinski definition) is 5. The molecule has 2 aliphatic rings. The third-order valence-electron chi connectivity index (χ3n) is 5.44. The highest BCUT2D eigenvalue weighted by Gasteiger charge is 2.29. The van der Waals surface area contributed by atoms with Gasteiger partial charge in [0.15, 0.2) is 5.78 Å². The Morgan fingerprint density at radius 1 is 1.04 bits per heavy atom. The first-order valence-electron chi connectivity index (χ1n) is 9.72. The number of piperazine rings is 1. The Morgan fingerprint density at radius 3 is 2.50 bits per heavy atom. The van der Waals surface area contributed by atoms with Gasteiger partial charge in [0, 0.05) is 32.6 Å². The quantitative estimate of drug-likeness (QED) is 0.767. The number of nitrogens with zero attached hydrogens (tertiary/aromatic N) is 4. The van der Waals surface area contributed by atoms with E-state index in [0.29, 0.717) is 44.1 Å². The lowest BCUT2D eigenvalue weighted by atomic mass is 9.85. The number of fused-ring (bicyclic) bond motifs is 1. The molecule has 0 unspecified atom stereocenters. The van der Waals surface area contributed by atoms with Gasteiger partial charge in [0.25, 0.3) is 0 Å². The molecule has 28 heavy (non-hydrogen) atoms. The number of rotatable bonds is 4. The summed E-state index contributed by atoms with van der Waals surface area (Å²) in [5.74, 6) is 0.940. The van der Waals surface area contributed by atoms with Crippen LogP contribution in [0.15, 0.2) is 36.4 Å². The number of allylic oxidation sites excluding steroid dienone is 1. The zero-order valence-electron chi connectivity index (χ0n) is 16.0. The van der Waals surface area contributed by atoms with Gasteiger partial charge < -0.3 is 9.80 Å². The number of anilines is 1. The van der Waals surface area contributed by atoms with Gasteiger partial charge in [0.2, 0.25) is 12.4 Å². The van der Waals surface area contributed by atoms with Crippen LogP contribution in [-0.4, -0.2) is 53.2 Å².